The Hall–Kier alpha value is -2.37. The molecule has 2 aromatic rings. The van der Waals surface area contributed by atoms with Crippen LogP contribution in [0.1, 0.15) is 37.6 Å². The van der Waals surface area contributed by atoms with Gasteiger partial charge in [-0.05, 0) is 24.3 Å². The first-order valence-electron chi connectivity index (χ1n) is 8.73. The van der Waals surface area contributed by atoms with Crippen molar-refractivity contribution in [2.75, 3.05) is 13.1 Å². The van der Waals surface area contributed by atoms with Crippen LogP contribution in [0.25, 0.3) is 0 Å². The molecular weight excluding hydrogens is 316 g/mol. The van der Waals surface area contributed by atoms with Crippen molar-refractivity contribution in [3.8, 4) is 0 Å². The molecule has 1 saturated heterocycles. The SMILES string of the molecule is Cc1nn(CC(=O)N2CCC(C)(C)C(c3ccccc3)C2)c(=O)n1C. The number of aryl methyl sites for hydroxylation is 1. The first kappa shape index (κ1) is 17.5. The summed E-state index contributed by atoms with van der Waals surface area (Å²) < 4.78 is 2.72. The van der Waals surface area contributed by atoms with E-state index in [2.05, 4.69) is 31.1 Å². The van der Waals surface area contributed by atoms with Gasteiger partial charge in [0.1, 0.15) is 12.4 Å². The van der Waals surface area contributed by atoms with Crippen molar-refractivity contribution in [3.05, 3.63) is 52.2 Å². The fourth-order valence-electron chi connectivity index (χ4n) is 3.55. The lowest BCUT2D eigenvalue weighted by molar-refractivity contribution is -0.134. The van der Waals surface area contributed by atoms with Crippen molar-refractivity contribution < 1.29 is 4.79 Å². The van der Waals surface area contributed by atoms with E-state index in [-0.39, 0.29) is 29.5 Å². The minimum absolute atomic E-state index is 0.00243. The number of hydrogen-bond acceptors (Lipinski definition) is 3. The van der Waals surface area contributed by atoms with Gasteiger partial charge in [-0.1, -0.05) is 44.2 Å². The monoisotopic (exact) mass is 342 g/mol. The molecule has 3 rings (SSSR count). The van der Waals surface area contributed by atoms with Gasteiger partial charge in [0.2, 0.25) is 5.91 Å². The topological polar surface area (TPSA) is 60.1 Å². The number of hydrogen-bond donors (Lipinski definition) is 0. The van der Waals surface area contributed by atoms with Crippen molar-refractivity contribution in [2.24, 2.45) is 12.5 Å². The highest BCUT2D eigenvalue weighted by Gasteiger charge is 2.38. The van der Waals surface area contributed by atoms with E-state index in [9.17, 15) is 9.59 Å². The van der Waals surface area contributed by atoms with Gasteiger partial charge in [0.15, 0.2) is 0 Å². The zero-order valence-electron chi connectivity index (χ0n) is 15.4. The Morgan fingerprint density at radius 3 is 2.56 bits per heavy atom. The second kappa shape index (κ2) is 6.50. The molecule has 1 aromatic carbocycles. The summed E-state index contributed by atoms with van der Waals surface area (Å²) in [5, 5.41) is 4.17. The third-order valence-corrected chi connectivity index (χ3v) is 5.47. The van der Waals surface area contributed by atoms with Crippen LogP contribution >= 0.6 is 0 Å². The van der Waals surface area contributed by atoms with Gasteiger partial charge in [-0.15, -0.1) is 0 Å². The molecule has 0 saturated carbocycles. The maximum Gasteiger partial charge on any atom is 0.346 e. The molecule has 0 spiro atoms. The summed E-state index contributed by atoms with van der Waals surface area (Å²) in [6.45, 7) is 7.68. The largest absolute Gasteiger partial charge is 0.346 e. The van der Waals surface area contributed by atoms with Gasteiger partial charge in [-0.3, -0.25) is 9.36 Å². The lowest BCUT2D eigenvalue weighted by Crippen LogP contribution is -2.47. The summed E-state index contributed by atoms with van der Waals surface area (Å²) in [6.07, 6.45) is 0.939. The van der Waals surface area contributed by atoms with E-state index in [0.717, 1.165) is 13.0 Å². The molecule has 25 heavy (non-hydrogen) atoms. The normalized spacial score (nSPS) is 19.8. The molecule has 0 radical (unpaired) electrons. The Kier molecular flexibility index (Phi) is 4.54. The molecule has 0 N–H and O–H groups in total. The average molecular weight is 342 g/mol. The minimum Gasteiger partial charge on any atom is -0.340 e. The van der Waals surface area contributed by atoms with Crippen molar-refractivity contribution in [3.63, 3.8) is 0 Å². The van der Waals surface area contributed by atoms with Gasteiger partial charge in [0.25, 0.3) is 0 Å². The van der Waals surface area contributed by atoms with Gasteiger partial charge < -0.3 is 4.90 Å². The van der Waals surface area contributed by atoms with Crippen LogP contribution in [0, 0.1) is 12.3 Å². The van der Waals surface area contributed by atoms with Gasteiger partial charge in [0, 0.05) is 26.1 Å². The number of nitrogens with zero attached hydrogens (tertiary/aromatic N) is 4. The smallest absolute Gasteiger partial charge is 0.340 e. The Labute approximate surface area is 148 Å². The van der Waals surface area contributed by atoms with Gasteiger partial charge in [0.05, 0.1) is 0 Å². The first-order valence-corrected chi connectivity index (χ1v) is 8.73. The van der Waals surface area contributed by atoms with Crippen LogP contribution in [0.4, 0.5) is 0 Å². The number of carbonyl (C=O) groups excluding carboxylic acids is 1. The molecule has 1 fully saturated rings. The Morgan fingerprint density at radius 1 is 1.28 bits per heavy atom. The van der Waals surface area contributed by atoms with E-state index < -0.39 is 0 Å². The molecule has 1 aliphatic heterocycles. The zero-order valence-corrected chi connectivity index (χ0v) is 15.4. The molecular formula is C19H26N4O2. The second-order valence-corrected chi connectivity index (χ2v) is 7.59. The second-order valence-electron chi connectivity index (χ2n) is 7.59. The highest BCUT2D eigenvalue weighted by atomic mass is 16.2. The lowest BCUT2D eigenvalue weighted by atomic mass is 9.70. The molecule has 1 amide bonds. The first-order chi connectivity index (χ1) is 11.8. The number of aromatic nitrogens is 3. The van der Waals surface area contributed by atoms with Crippen LogP contribution in [0.2, 0.25) is 0 Å². The van der Waals surface area contributed by atoms with Crippen LogP contribution in [0.5, 0.6) is 0 Å². The number of amides is 1. The Morgan fingerprint density at radius 2 is 1.96 bits per heavy atom. The summed E-state index contributed by atoms with van der Waals surface area (Å²) in [4.78, 5) is 26.7. The predicted octanol–water partition coefficient (Wildman–Crippen LogP) is 1.93. The molecule has 1 unspecified atom stereocenters. The molecule has 6 heteroatoms. The zero-order chi connectivity index (χ0) is 18.2. The lowest BCUT2D eigenvalue weighted by Gasteiger charge is -2.44. The number of likely N-dealkylation sites (tertiary alicyclic amines) is 1. The van der Waals surface area contributed by atoms with Crippen LogP contribution in [0.15, 0.2) is 35.1 Å². The van der Waals surface area contributed by atoms with E-state index in [1.807, 2.05) is 23.1 Å². The molecule has 6 nitrogen and oxygen atoms in total. The van der Waals surface area contributed by atoms with Crippen LogP contribution in [-0.4, -0.2) is 38.2 Å². The summed E-state index contributed by atoms with van der Waals surface area (Å²) in [6, 6.07) is 10.4. The van der Waals surface area contributed by atoms with Crippen molar-refractivity contribution in [1.29, 1.82) is 0 Å². The molecule has 134 valence electrons. The van der Waals surface area contributed by atoms with Gasteiger partial charge in [-0.25, -0.2) is 9.48 Å². The molecule has 0 bridgehead atoms. The fourth-order valence-corrected chi connectivity index (χ4v) is 3.55. The fraction of sp³-hybridized carbons (Fsp3) is 0.526. The molecule has 1 aromatic heterocycles. The van der Waals surface area contributed by atoms with Crippen LogP contribution in [-0.2, 0) is 18.4 Å². The highest BCUT2D eigenvalue weighted by molar-refractivity contribution is 5.76. The standard InChI is InChI=1S/C19H26N4O2/c1-14-20-23(18(25)21(14)4)13-17(24)22-11-10-19(2,3)16(12-22)15-8-6-5-7-9-15/h5-9,16H,10-13H2,1-4H3. The molecule has 1 atom stereocenters. The van der Waals surface area contributed by atoms with E-state index in [1.54, 1.807) is 14.0 Å². The summed E-state index contributed by atoms with van der Waals surface area (Å²) in [5.41, 5.74) is 1.15. The quantitative estimate of drug-likeness (QED) is 0.856. The maximum atomic E-state index is 12.7. The Bertz CT molecular complexity index is 820. The number of benzene rings is 1. The van der Waals surface area contributed by atoms with Crippen molar-refractivity contribution in [2.45, 2.75) is 39.7 Å². The molecule has 2 heterocycles. The third kappa shape index (κ3) is 3.38. The van der Waals surface area contributed by atoms with Crippen molar-refractivity contribution >= 4 is 5.91 Å². The number of carbonyl (C=O) groups is 1. The van der Waals surface area contributed by atoms with Gasteiger partial charge >= 0.3 is 5.69 Å². The molecule has 0 aliphatic carbocycles. The van der Waals surface area contributed by atoms with E-state index in [4.69, 9.17) is 0 Å². The van der Waals surface area contributed by atoms with E-state index in [0.29, 0.717) is 12.4 Å². The third-order valence-electron chi connectivity index (χ3n) is 5.47. The Balaban J connectivity index is 1.78. The number of rotatable bonds is 3. The minimum atomic E-state index is -0.247. The average Bonchev–Trinajstić information content (AvgIpc) is 2.82. The van der Waals surface area contributed by atoms with Crippen molar-refractivity contribution in [1.82, 2.24) is 19.2 Å². The highest BCUT2D eigenvalue weighted by Crippen LogP contribution is 2.42. The summed E-state index contributed by atoms with van der Waals surface area (Å²) in [7, 11) is 1.67. The van der Waals surface area contributed by atoms with E-state index in [1.165, 1.54) is 14.8 Å². The molecule has 1 aliphatic rings. The van der Waals surface area contributed by atoms with Gasteiger partial charge in [-0.2, -0.15) is 5.10 Å². The summed E-state index contributed by atoms with van der Waals surface area (Å²) >= 11 is 0. The summed E-state index contributed by atoms with van der Waals surface area (Å²) in [5.74, 6) is 0.852. The van der Waals surface area contributed by atoms with Crippen LogP contribution < -0.4 is 5.69 Å². The van der Waals surface area contributed by atoms with Crippen LogP contribution in [0.3, 0.4) is 0 Å². The maximum absolute atomic E-state index is 12.7. The van der Waals surface area contributed by atoms with E-state index >= 15 is 0 Å². The predicted molar refractivity (Wildman–Crippen MR) is 96.4 cm³/mol. The number of piperidine rings is 1.